The van der Waals surface area contributed by atoms with Gasteiger partial charge in [0.15, 0.2) is 0 Å². The van der Waals surface area contributed by atoms with Gasteiger partial charge in [0.2, 0.25) is 5.78 Å². The van der Waals surface area contributed by atoms with Crippen molar-refractivity contribution in [2.75, 3.05) is 5.32 Å². The summed E-state index contributed by atoms with van der Waals surface area (Å²) in [6.45, 7) is 12.4. The summed E-state index contributed by atoms with van der Waals surface area (Å²) < 4.78 is 0. The molecule has 3 aromatic rings. The highest BCUT2D eigenvalue weighted by Gasteiger charge is 2.45. The fourth-order valence-electron chi connectivity index (χ4n) is 6.41. The predicted octanol–water partition coefficient (Wildman–Crippen LogP) is 7.59. The molecule has 36 heavy (non-hydrogen) atoms. The fraction of sp³-hybridized carbons (Fsp3) is 0.250. The SMILES string of the molecule is C/C(C1=Nc2ccc3ccccc3c2C1(C)C)=C1/C(=O)C(C(/C)=C2/Nc3ccccc3C2(C)C)=C1O. The van der Waals surface area contributed by atoms with Gasteiger partial charge in [-0.25, -0.2) is 0 Å². The Kier molecular flexibility index (Phi) is 4.57. The van der Waals surface area contributed by atoms with E-state index in [0.29, 0.717) is 11.1 Å². The van der Waals surface area contributed by atoms with Crippen LogP contribution in [0.2, 0.25) is 0 Å². The van der Waals surface area contributed by atoms with Crippen LogP contribution in [0.25, 0.3) is 10.8 Å². The van der Waals surface area contributed by atoms with Crippen LogP contribution in [0.3, 0.4) is 0 Å². The third kappa shape index (κ3) is 2.81. The van der Waals surface area contributed by atoms with Gasteiger partial charge in [0, 0.05) is 22.2 Å². The number of hydrogen-bond donors (Lipinski definition) is 2. The number of nitrogens with one attached hydrogen (secondary N) is 1. The molecule has 0 fully saturated rings. The minimum atomic E-state index is -0.395. The Hall–Kier alpha value is -3.92. The summed E-state index contributed by atoms with van der Waals surface area (Å²) in [6.07, 6.45) is 0. The van der Waals surface area contributed by atoms with Gasteiger partial charge in [-0.3, -0.25) is 9.79 Å². The smallest absolute Gasteiger partial charge is 0.201 e. The average molecular weight is 475 g/mol. The van der Waals surface area contributed by atoms with Crippen LogP contribution in [0.5, 0.6) is 0 Å². The number of carbonyl (C=O) groups is 1. The first-order valence-electron chi connectivity index (χ1n) is 12.4. The number of aliphatic imine (C=N–C) groups is 1. The standard InChI is InChI=1S/C32H30N2O2/c1-17(29-31(3,4)21-13-9-10-14-22(21)33-29)24-27(35)25(28(24)36)18(2)30-32(5,6)26-20-12-8-7-11-19(20)15-16-23(26)34-30/h7-16,33,35H,1-6H3/b25-18-,29-17+. The number of rotatable bonds is 2. The predicted molar refractivity (Wildman–Crippen MR) is 147 cm³/mol. The molecule has 0 saturated heterocycles. The average Bonchev–Trinajstić information content (AvgIpc) is 3.28. The van der Waals surface area contributed by atoms with E-state index in [9.17, 15) is 9.90 Å². The van der Waals surface area contributed by atoms with Crippen LogP contribution < -0.4 is 5.32 Å². The van der Waals surface area contributed by atoms with Gasteiger partial charge < -0.3 is 10.4 Å². The van der Waals surface area contributed by atoms with Gasteiger partial charge in [-0.2, -0.15) is 0 Å². The maximum atomic E-state index is 13.6. The lowest BCUT2D eigenvalue weighted by atomic mass is 9.72. The Morgan fingerprint density at radius 3 is 2.28 bits per heavy atom. The van der Waals surface area contributed by atoms with E-state index in [0.717, 1.165) is 33.9 Å². The number of fused-ring (bicyclic) bond motifs is 4. The molecular formula is C32H30N2O2. The first-order chi connectivity index (χ1) is 17.0. The summed E-state index contributed by atoms with van der Waals surface area (Å²) in [5.74, 6) is -0.0572. The molecule has 1 aliphatic carbocycles. The number of allylic oxidation sites excluding steroid dienone is 5. The van der Waals surface area contributed by atoms with Crippen molar-refractivity contribution in [2.24, 2.45) is 4.99 Å². The number of carbonyl (C=O) groups excluding carboxylic acids is 1. The molecule has 2 aliphatic heterocycles. The lowest BCUT2D eigenvalue weighted by molar-refractivity contribution is -0.113. The summed E-state index contributed by atoms with van der Waals surface area (Å²) in [6, 6.07) is 20.7. The van der Waals surface area contributed by atoms with Crippen LogP contribution in [-0.4, -0.2) is 16.6 Å². The first-order valence-corrected chi connectivity index (χ1v) is 12.4. The Balaban J connectivity index is 1.44. The number of Topliss-reactive ketones (excluding diaryl/α,β-unsaturated/α-hetero) is 1. The summed E-state index contributed by atoms with van der Waals surface area (Å²) in [7, 11) is 0. The third-order valence-corrected chi connectivity index (χ3v) is 8.25. The Morgan fingerprint density at radius 2 is 1.56 bits per heavy atom. The summed E-state index contributed by atoms with van der Waals surface area (Å²) in [5.41, 5.74) is 7.73. The quantitative estimate of drug-likeness (QED) is 0.376. The van der Waals surface area contributed by atoms with Crippen LogP contribution in [0.4, 0.5) is 11.4 Å². The van der Waals surface area contributed by atoms with Crippen molar-refractivity contribution in [3.63, 3.8) is 0 Å². The molecule has 2 heterocycles. The summed E-state index contributed by atoms with van der Waals surface area (Å²) in [5, 5.41) is 17.1. The summed E-state index contributed by atoms with van der Waals surface area (Å²) in [4.78, 5) is 18.5. The molecule has 3 aromatic carbocycles. The van der Waals surface area contributed by atoms with E-state index in [2.05, 4.69) is 57.3 Å². The highest BCUT2D eigenvalue weighted by Crippen LogP contribution is 2.50. The highest BCUT2D eigenvalue weighted by atomic mass is 16.3. The van der Waals surface area contributed by atoms with Gasteiger partial charge in [0.1, 0.15) is 5.76 Å². The second-order valence-electron chi connectivity index (χ2n) is 11.1. The van der Waals surface area contributed by atoms with E-state index in [-0.39, 0.29) is 17.0 Å². The minimum absolute atomic E-state index is 0.0652. The molecule has 4 heteroatoms. The molecule has 0 saturated carbocycles. The van der Waals surface area contributed by atoms with Gasteiger partial charge in [0.05, 0.1) is 22.5 Å². The zero-order chi connectivity index (χ0) is 25.6. The van der Waals surface area contributed by atoms with Crippen molar-refractivity contribution in [2.45, 2.75) is 52.4 Å². The molecule has 0 aromatic heterocycles. The Bertz CT molecular complexity index is 1640. The number of para-hydroxylation sites is 1. The number of hydrogen-bond acceptors (Lipinski definition) is 4. The van der Waals surface area contributed by atoms with Crippen LogP contribution in [-0.2, 0) is 15.6 Å². The molecule has 6 rings (SSSR count). The lowest BCUT2D eigenvalue weighted by Crippen LogP contribution is -2.33. The molecule has 0 atom stereocenters. The van der Waals surface area contributed by atoms with E-state index < -0.39 is 5.41 Å². The zero-order valence-electron chi connectivity index (χ0n) is 21.6. The van der Waals surface area contributed by atoms with Gasteiger partial charge in [-0.15, -0.1) is 0 Å². The lowest BCUT2D eigenvalue weighted by Gasteiger charge is -2.30. The number of aliphatic hydroxyl groups is 1. The molecule has 0 bridgehead atoms. The number of anilines is 1. The molecule has 0 unspecified atom stereocenters. The topological polar surface area (TPSA) is 61.7 Å². The molecule has 3 aliphatic rings. The third-order valence-electron chi connectivity index (χ3n) is 8.25. The van der Waals surface area contributed by atoms with E-state index in [1.54, 1.807) is 0 Å². The highest BCUT2D eigenvalue weighted by molar-refractivity contribution is 6.27. The van der Waals surface area contributed by atoms with Crippen molar-refractivity contribution in [3.05, 3.63) is 106 Å². The van der Waals surface area contributed by atoms with E-state index in [1.807, 2.05) is 50.2 Å². The number of aliphatic hydroxyl groups excluding tert-OH is 1. The Morgan fingerprint density at radius 1 is 0.861 bits per heavy atom. The number of ketones is 1. The molecule has 2 N–H and O–H groups in total. The van der Waals surface area contributed by atoms with Gasteiger partial charge in [-0.05, 0) is 59.0 Å². The van der Waals surface area contributed by atoms with Gasteiger partial charge >= 0.3 is 0 Å². The van der Waals surface area contributed by atoms with E-state index in [4.69, 9.17) is 4.99 Å². The van der Waals surface area contributed by atoms with Crippen LogP contribution in [0.1, 0.15) is 52.7 Å². The maximum absolute atomic E-state index is 13.6. The molecule has 4 nitrogen and oxygen atoms in total. The van der Waals surface area contributed by atoms with Crippen LogP contribution >= 0.6 is 0 Å². The second-order valence-corrected chi connectivity index (χ2v) is 11.1. The fourth-order valence-corrected chi connectivity index (χ4v) is 6.41. The first kappa shape index (κ1) is 22.5. The van der Waals surface area contributed by atoms with Crippen molar-refractivity contribution < 1.29 is 9.90 Å². The maximum Gasteiger partial charge on any atom is 0.201 e. The number of benzene rings is 3. The molecule has 0 radical (unpaired) electrons. The van der Waals surface area contributed by atoms with E-state index >= 15 is 0 Å². The normalized spacial score (nSPS) is 22.1. The molecule has 180 valence electrons. The van der Waals surface area contributed by atoms with Crippen LogP contribution in [0, 0.1) is 0 Å². The summed E-state index contributed by atoms with van der Waals surface area (Å²) >= 11 is 0. The van der Waals surface area contributed by atoms with E-state index in [1.165, 1.54) is 21.9 Å². The van der Waals surface area contributed by atoms with Crippen molar-refractivity contribution in [3.8, 4) is 0 Å². The molecule has 0 amide bonds. The van der Waals surface area contributed by atoms with Crippen LogP contribution in [0.15, 0.2) is 99.4 Å². The monoisotopic (exact) mass is 474 g/mol. The minimum Gasteiger partial charge on any atom is -0.506 e. The van der Waals surface area contributed by atoms with Gasteiger partial charge in [0.25, 0.3) is 0 Å². The largest absolute Gasteiger partial charge is 0.506 e. The molecular weight excluding hydrogens is 444 g/mol. The molecule has 0 spiro atoms. The number of nitrogens with zero attached hydrogens (tertiary/aromatic N) is 1. The van der Waals surface area contributed by atoms with Crippen molar-refractivity contribution >= 4 is 33.6 Å². The zero-order valence-corrected chi connectivity index (χ0v) is 21.6. The van der Waals surface area contributed by atoms with Crippen molar-refractivity contribution in [1.29, 1.82) is 0 Å². The van der Waals surface area contributed by atoms with Gasteiger partial charge in [-0.1, -0.05) is 76.2 Å². The van der Waals surface area contributed by atoms with Crippen molar-refractivity contribution in [1.82, 2.24) is 0 Å². The Labute approximate surface area is 211 Å². The second kappa shape index (κ2) is 7.30.